The Morgan fingerprint density at radius 1 is 1.19 bits per heavy atom. The van der Waals surface area contributed by atoms with Crippen molar-refractivity contribution in [3.8, 4) is 0 Å². The first kappa shape index (κ1) is 21.6. The van der Waals surface area contributed by atoms with Gasteiger partial charge in [-0.1, -0.05) is 70.9 Å². The van der Waals surface area contributed by atoms with E-state index in [0.29, 0.717) is 30.6 Å². The van der Waals surface area contributed by atoms with Gasteiger partial charge >= 0.3 is 5.97 Å². The normalized spacial score (nSPS) is 16.1. The molecule has 4 rings (SSSR count). The van der Waals surface area contributed by atoms with Gasteiger partial charge in [-0.15, -0.1) is 0 Å². The van der Waals surface area contributed by atoms with E-state index in [-0.39, 0.29) is 12.2 Å². The standard InChI is InChI=1S/C23H18Cl2N2O3S/c1-3-30-22(29)19-13(2)26-23-27(20(19)15-7-5-4-6-8-15)21(28)18(31-23)12-14-9-10-16(24)17(25)11-14/h4-12,20H,3H2,1-2H3. The first-order valence-electron chi connectivity index (χ1n) is 9.60. The van der Waals surface area contributed by atoms with Crippen molar-refractivity contribution in [2.24, 2.45) is 4.99 Å². The quantitative estimate of drug-likeness (QED) is 0.536. The number of aromatic nitrogens is 1. The van der Waals surface area contributed by atoms with Gasteiger partial charge in [0.05, 0.1) is 38.5 Å². The second-order valence-electron chi connectivity index (χ2n) is 6.89. The second-order valence-corrected chi connectivity index (χ2v) is 8.71. The number of fused-ring (bicyclic) bond motifs is 1. The molecule has 8 heteroatoms. The number of allylic oxidation sites excluding steroid dienone is 1. The number of esters is 1. The molecule has 158 valence electrons. The molecule has 0 saturated heterocycles. The lowest BCUT2D eigenvalue weighted by atomic mass is 9.96. The van der Waals surface area contributed by atoms with Crippen LogP contribution in [-0.2, 0) is 9.53 Å². The minimum atomic E-state index is -0.618. The minimum Gasteiger partial charge on any atom is -0.463 e. The van der Waals surface area contributed by atoms with E-state index < -0.39 is 12.0 Å². The summed E-state index contributed by atoms with van der Waals surface area (Å²) in [7, 11) is 0. The molecule has 1 aliphatic heterocycles. The van der Waals surface area contributed by atoms with Crippen LogP contribution >= 0.6 is 34.5 Å². The Morgan fingerprint density at radius 2 is 1.94 bits per heavy atom. The highest BCUT2D eigenvalue weighted by molar-refractivity contribution is 7.07. The molecule has 0 fully saturated rings. The Balaban J connectivity index is 1.95. The Hall–Kier alpha value is -2.67. The summed E-state index contributed by atoms with van der Waals surface area (Å²) < 4.78 is 7.32. The van der Waals surface area contributed by atoms with Crippen LogP contribution in [0.3, 0.4) is 0 Å². The van der Waals surface area contributed by atoms with Gasteiger partial charge in [0.15, 0.2) is 4.80 Å². The molecule has 2 heterocycles. The minimum absolute atomic E-state index is 0.235. The van der Waals surface area contributed by atoms with Crippen molar-refractivity contribution < 1.29 is 9.53 Å². The van der Waals surface area contributed by atoms with Crippen LogP contribution in [0.2, 0.25) is 10.0 Å². The van der Waals surface area contributed by atoms with E-state index in [9.17, 15) is 9.59 Å². The highest BCUT2D eigenvalue weighted by Gasteiger charge is 2.33. The third-order valence-electron chi connectivity index (χ3n) is 4.87. The van der Waals surface area contributed by atoms with Crippen molar-refractivity contribution in [3.05, 3.63) is 101 Å². The lowest BCUT2D eigenvalue weighted by Gasteiger charge is -2.24. The number of ether oxygens (including phenoxy) is 1. The van der Waals surface area contributed by atoms with E-state index in [0.717, 1.165) is 11.1 Å². The zero-order valence-electron chi connectivity index (χ0n) is 16.8. The summed E-state index contributed by atoms with van der Waals surface area (Å²) in [6, 6.07) is 14.0. The lowest BCUT2D eigenvalue weighted by Crippen LogP contribution is -2.39. The zero-order valence-corrected chi connectivity index (χ0v) is 19.1. The van der Waals surface area contributed by atoms with Gasteiger partial charge in [0, 0.05) is 0 Å². The van der Waals surface area contributed by atoms with Gasteiger partial charge < -0.3 is 4.74 Å². The summed E-state index contributed by atoms with van der Waals surface area (Å²) in [6.07, 6.45) is 1.75. The number of thiazole rings is 1. The molecular formula is C23H18Cl2N2O3S. The molecule has 0 bridgehead atoms. The van der Waals surface area contributed by atoms with Crippen LogP contribution in [0.4, 0.5) is 0 Å². The van der Waals surface area contributed by atoms with Crippen LogP contribution in [0.1, 0.15) is 31.0 Å². The number of halogens is 2. The van der Waals surface area contributed by atoms with E-state index in [2.05, 4.69) is 4.99 Å². The second kappa shape index (κ2) is 8.83. The predicted octanol–water partition coefficient (Wildman–Crippen LogP) is 4.11. The van der Waals surface area contributed by atoms with Crippen molar-refractivity contribution in [2.75, 3.05) is 6.61 Å². The first-order chi connectivity index (χ1) is 14.9. The van der Waals surface area contributed by atoms with Crippen LogP contribution in [-0.4, -0.2) is 17.1 Å². The number of carbonyl (C=O) groups is 1. The smallest absolute Gasteiger partial charge is 0.338 e. The number of hydrogen-bond acceptors (Lipinski definition) is 5. The van der Waals surface area contributed by atoms with E-state index in [1.165, 1.54) is 11.3 Å². The maximum absolute atomic E-state index is 13.4. The third kappa shape index (κ3) is 4.11. The summed E-state index contributed by atoms with van der Waals surface area (Å²) >= 11 is 13.4. The van der Waals surface area contributed by atoms with Gasteiger partial charge in [-0.25, -0.2) is 9.79 Å². The molecule has 0 radical (unpaired) electrons. The Bertz CT molecular complexity index is 1370. The fourth-order valence-electron chi connectivity index (χ4n) is 3.50. The Labute approximate surface area is 192 Å². The molecule has 2 aromatic carbocycles. The molecule has 1 atom stereocenters. The fraction of sp³-hybridized carbons (Fsp3) is 0.174. The van der Waals surface area contributed by atoms with Crippen molar-refractivity contribution in [1.82, 2.24) is 4.57 Å². The van der Waals surface area contributed by atoms with Crippen molar-refractivity contribution in [3.63, 3.8) is 0 Å². The van der Waals surface area contributed by atoms with Gasteiger partial charge in [0.25, 0.3) is 5.56 Å². The molecule has 31 heavy (non-hydrogen) atoms. The van der Waals surface area contributed by atoms with Gasteiger partial charge in [-0.05, 0) is 43.2 Å². The van der Waals surface area contributed by atoms with Crippen LogP contribution < -0.4 is 14.9 Å². The third-order valence-corrected chi connectivity index (χ3v) is 6.60. The average molecular weight is 473 g/mol. The Morgan fingerprint density at radius 3 is 2.61 bits per heavy atom. The highest BCUT2D eigenvalue weighted by Crippen LogP contribution is 2.30. The average Bonchev–Trinajstić information content (AvgIpc) is 3.05. The van der Waals surface area contributed by atoms with Crippen molar-refractivity contribution >= 4 is 46.6 Å². The molecule has 1 aliphatic rings. The maximum Gasteiger partial charge on any atom is 0.338 e. The molecule has 0 amide bonds. The molecule has 1 unspecified atom stereocenters. The van der Waals surface area contributed by atoms with E-state index in [4.69, 9.17) is 27.9 Å². The van der Waals surface area contributed by atoms with Gasteiger partial charge in [-0.2, -0.15) is 0 Å². The SMILES string of the molecule is CCOC(=O)C1=C(C)N=c2sc(=Cc3ccc(Cl)c(Cl)c3)c(=O)n2C1c1ccccc1. The Kier molecular flexibility index (Phi) is 6.14. The van der Waals surface area contributed by atoms with Crippen LogP contribution in [0, 0.1) is 0 Å². The number of nitrogens with zero attached hydrogens (tertiary/aromatic N) is 2. The van der Waals surface area contributed by atoms with Crippen molar-refractivity contribution in [2.45, 2.75) is 19.9 Å². The van der Waals surface area contributed by atoms with Crippen LogP contribution in [0.25, 0.3) is 6.08 Å². The number of benzene rings is 2. The highest BCUT2D eigenvalue weighted by atomic mass is 35.5. The summed E-state index contributed by atoms with van der Waals surface area (Å²) in [4.78, 5) is 31.3. The predicted molar refractivity (Wildman–Crippen MR) is 123 cm³/mol. The van der Waals surface area contributed by atoms with Gasteiger partial charge in [-0.3, -0.25) is 9.36 Å². The topological polar surface area (TPSA) is 60.7 Å². The summed E-state index contributed by atoms with van der Waals surface area (Å²) in [5.74, 6) is -0.476. The number of rotatable bonds is 4. The number of hydrogen-bond donors (Lipinski definition) is 0. The molecule has 3 aromatic rings. The maximum atomic E-state index is 13.4. The van der Waals surface area contributed by atoms with E-state index >= 15 is 0 Å². The van der Waals surface area contributed by atoms with E-state index in [1.54, 1.807) is 42.7 Å². The molecule has 0 saturated carbocycles. The zero-order chi connectivity index (χ0) is 22.1. The summed E-state index contributed by atoms with van der Waals surface area (Å²) in [6.45, 7) is 3.74. The van der Waals surface area contributed by atoms with Crippen LogP contribution in [0.15, 0.2) is 69.6 Å². The first-order valence-corrected chi connectivity index (χ1v) is 11.2. The van der Waals surface area contributed by atoms with Gasteiger partial charge in [0.2, 0.25) is 0 Å². The lowest BCUT2D eigenvalue weighted by molar-refractivity contribution is -0.139. The summed E-state index contributed by atoms with van der Waals surface area (Å²) in [5.41, 5.74) is 2.22. The van der Waals surface area contributed by atoms with Gasteiger partial charge in [0.1, 0.15) is 0 Å². The summed E-state index contributed by atoms with van der Waals surface area (Å²) in [5, 5.41) is 0.852. The molecular weight excluding hydrogens is 455 g/mol. The van der Waals surface area contributed by atoms with Crippen LogP contribution in [0.5, 0.6) is 0 Å². The fourth-order valence-corrected chi connectivity index (χ4v) is 4.85. The molecule has 0 N–H and O–H groups in total. The molecule has 1 aromatic heterocycles. The largest absolute Gasteiger partial charge is 0.463 e. The molecule has 0 spiro atoms. The van der Waals surface area contributed by atoms with E-state index in [1.807, 2.05) is 30.3 Å². The van der Waals surface area contributed by atoms with Crippen molar-refractivity contribution in [1.29, 1.82) is 0 Å². The molecule has 0 aliphatic carbocycles. The number of carbonyl (C=O) groups excluding carboxylic acids is 1. The molecule has 5 nitrogen and oxygen atoms in total. The monoisotopic (exact) mass is 472 g/mol.